The van der Waals surface area contributed by atoms with Gasteiger partial charge in [0.15, 0.2) is 0 Å². The second kappa shape index (κ2) is 8.07. The first kappa shape index (κ1) is 17.4. The summed E-state index contributed by atoms with van der Waals surface area (Å²) in [5.74, 6) is -0.252. The van der Waals surface area contributed by atoms with Crippen molar-refractivity contribution in [1.29, 1.82) is 0 Å². The van der Waals surface area contributed by atoms with E-state index in [1.165, 1.54) is 18.7 Å². The molecule has 0 atom stereocenters. The lowest BCUT2D eigenvalue weighted by atomic mass is 10.0. The Morgan fingerprint density at radius 2 is 1.76 bits per heavy atom. The summed E-state index contributed by atoms with van der Waals surface area (Å²) < 4.78 is 0. The number of halogens is 1. The van der Waals surface area contributed by atoms with Crippen molar-refractivity contribution < 1.29 is 9.59 Å². The van der Waals surface area contributed by atoms with Gasteiger partial charge in [-0.25, -0.2) is 9.97 Å². The third kappa shape index (κ3) is 3.96. The third-order valence-corrected chi connectivity index (χ3v) is 4.57. The molecule has 1 fully saturated rings. The number of hydrogen-bond donors (Lipinski definition) is 0. The van der Waals surface area contributed by atoms with Gasteiger partial charge in [-0.3, -0.25) is 9.59 Å². The Hall–Kier alpha value is -2.47. The normalized spacial score (nSPS) is 15.0. The second-order valence-electron chi connectivity index (χ2n) is 5.88. The molecular weight excluding hydrogens is 340 g/mol. The minimum absolute atomic E-state index is 0.0322. The second-order valence-corrected chi connectivity index (χ2v) is 6.15. The van der Waals surface area contributed by atoms with Gasteiger partial charge in [0.2, 0.25) is 5.91 Å². The summed E-state index contributed by atoms with van der Waals surface area (Å²) in [6.45, 7) is 1.16. The number of amides is 2. The maximum Gasteiger partial charge on any atom is 0.256 e. The summed E-state index contributed by atoms with van der Waals surface area (Å²) in [7, 11) is 0. The van der Waals surface area contributed by atoms with Crippen LogP contribution in [0.15, 0.2) is 49.1 Å². The van der Waals surface area contributed by atoms with Gasteiger partial charge in [-0.05, 0) is 25.0 Å². The first-order valence-electron chi connectivity index (χ1n) is 8.18. The Morgan fingerprint density at radius 3 is 2.36 bits per heavy atom. The summed E-state index contributed by atoms with van der Waals surface area (Å²) in [6.07, 6.45) is 5.86. The van der Waals surface area contributed by atoms with Gasteiger partial charge in [0, 0.05) is 37.2 Å². The number of benzene rings is 1. The minimum atomic E-state index is -0.117. The molecule has 0 N–H and O–H groups in total. The number of nitrogens with zero attached hydrogens (tertiary/aromatic N) is 4. The predicted molar refractivity (Wildman–Crippen MR) is 95.6 cm³/mol. The molecule has 0 saturated carbocycles. The zero-order valence-corrected chi connectivity index (χ0v) is 14.5. The molecule has 0 unspecified atom stereocenters. The van der Waals surface area contributed by atoms with Crippen LogP contribution in [0.3, 0.4) is 0 Å². The van der Waals surface area contributed by atoms with Gasteiger partial charge in [0.25, 0.3) is 5.91 Å². The largest absolute Gasteiger partial charge is 0.338 e. The van der Waals surface area contributed by atoms with Crippen molar-refractivity contribution in [3.05, 3.63) is 54.6 Å². The highest BCUT2D eigenvalue weighted by Gasteiger charge is 2.30. The molecule has 130 valence electrons. The number of piperidine rings is 1. The van der Waals surface area contributed by atoms with Crippen LogP contribution < -0.4 is 4.90 Å². The van der Waals surface area contributed by atoms with Crippen LogP contribution in [-0.2, 0) is 4.79 Å². The maximum absolute atomic E-state index is 12.5. The monoisotopic (exact) mass is 358 g/mol. The van der Waals surface area contributed by atoms with Crippen LogP contribution in [0.25, 0.3) is 0 Å². The zero-order chi connectivity index (χ0) is 17.6. The van der Waals surface area contributed by atoms with E-state index in [4.69, 9.17) is 11.6 Å². The van der Waals surface area contributed by atoms with Gasteiger partial charge in [0.1, 0.15) is 12.2 Å². The topological polar surface area (TPSA) is 66.4 Å². The predicted octanol–water partition coefficient (Wildman–Crippen LogP) is 2.35. The molecular formula is C18H19ClN4O2. The molecule has 0 aliphatic carbocycles. The molecule has 1 saturated heterocycles. The number of carbonyl (C=O) groups is 2. The number of para-hydroxylation sites is 1. The average molecular weight is 359 g/mol. The number of anilines is 1. The molecule has 1 aliphatic rings. The SMILES string of the molecule is O=C(c1cncnc1)N1CCC(N(C(=O)CCl)c2ccccc2)CC1. The summed E-state index contributed by atoms with van der Waals surface area (Å²) in [5, 5.41) is 0. The molecule has 7 heteroatoms. The Kier molecular flexibility index (Phi) is 5.60. The first-order chi connectivity index (χ1) is 12.2. The van der Waals surface area contributed by atoms with E-state index in [1.54, 1.807) is 9.80 Å². The Morgan fingerprint density at radius 1 is 1.12 bits per heavy atom. The fraction of sp³-hybridized carbons (Fsp3) is 0.333. The van der Waals surface area contributed by atoms with E-state index in [2.05, 4.69) is 9.97 Å². The Labute approximate surface area is 151 Å². The van der Waals surface area contributed by atoms with E-state index in [-0.39, 0.29) is 23.7 Å². The highest BCUT2D eigenvalue weighted by molar-refractivity contribution is 6.29. The molecule has 1 aromatic heterocycles. The van der Waals surface area contributed by atoms with E-state index in [1.807, 2.05) is 30.3 Å². The standard InChI is InChI=1S/C18H19ClN4O2/c19-10-17(24)23(15-4-2-1-3-5-15)16-6-8-22(9-7-16)18(25)14-11-20-13-21-12-14/h1-5,11-13,16H,6-10H2. The van der Waals surface area contributed by atoms with Crippen LogP contribution in [0.2, 0.25) is 0 Å². The van der Waals surface area contributed by atoms with Crippen molar-refractivity contribution in [2.24, 2.45) is 0 Å². The fourth-order valence-corrected chi connectivity index (χ4v) is 3.26. The molecule has 2 amide bonds. The summed E-state index contributed by atoms with van der Waals surface area (Å²) in [5.41, 5.74) is 1.33. The van der Waals surface area contributed by atoms with Crippen molar-refractivity contribution in [2.45, 2.75) is 18.9 Å². The van der Waals surface area contributed by atoms with Crippen LogP contribution in [0.5, 0.6) is 0 Å². The quantitative estimate of drug-likeness (QED) is 0.787. The molecule has 0 radical (unpaired) electrons. The van der Waals surface area contributed by atoms with Gasteiger partial charge < -0.3 is 9.80 Å². The lowest BCUT2D eigenvalue weighted by molar-refractivity contribution is -0.116. The number of carbonyl (C=O) groups excluding carboxylic acids is 2. The van der Waals surface area contributed by atoms with E-state index >= 15 is 0 Å². The molecule has 2 aromatic rings. The number of rotatable bonds is 4. The van der Waals surface area contributed by atoms with Gasteiger partial charge in [-0.15, -0.1) is 11.6 Å². The summed E-state index contributed by atoms with van der Waals surface area (Å²) in [4.78, 5) is 36.2. The molecule has 2 heterocycles. The molecule has 1 aliphatic heterocycles. The highest BCUT2D eigenvalue weighted by Crippen LogP contribution is 2.24. The first-order valence-corrected chi connectivity index (χ1v) is 8.71. The summed E-state index contributed by atoms with van der Waals surface area (Å²) >= 11 is 5.81. The highest BCUT2D eigenvalue weighted by atomic mass is 35.5. The van der Waals surface area contributed by atoms with Gasteiger partial charge >= 0.3 is 0 Å². The van der Waals surface area contributed by atoms with Crippen molar-refractivity contribution >= 4 is 29.1 Å². The van der Waals surface area contributed by atoms with Gasteiger partial charge in [-0.1, -0.05) is 18.2 Å². The van der Waals surface area contributed by atoms with Crippen LogP contribution in [0.1, 0.15) is 23.2 Å². The smallest absolute Gasteiger partial charge is 0.256 e. The van der Waals surface area contributed by atoms with Crippen LogP contribution in [0, 0.1) is 0 Å². The number of aromatic nitrogens is 2. The van der Waals surface area contributed by atoms with Crippen LogP contribution >= 0.6 is 11.6 Å². The van der Waals surface area contributed by atoms with Crippen molar-refractivity contribution in [2.75, 3.05) is 23.9 Å². The molecule has 6 nitrogen and oxygen atoms in total. The van der Waals surface area contributed by atoms with E-state index < -0.39 is 0 Å². The van der Waals surface area contributed by atoms with Gasteiger partial charge in [0.05, 0.1) is 5.56 Å². The van der Waals surface area contributed by atoms with Gasteiger partial charge in [-0.2, -0.15) is 0 Å². The van der Waals surface area contributed by atoms with E-state index in [9.17, 15) is 9.59 Å². The van der Waals surface area contributed by atoms with E-state index in [0.29, 0.717) is 31.5 Å². The Balaban J connectivity index is 1.69. The van der Waals surface area contributed by atoms with E-state index in [0.717, 1.165) is 5.69 Å². The Bertz CT molecular complexity index is 718. The van der Waals surface area contributed by atoms with Crippen molar-refractivity contribution in [1.82, 2.24) is 14.9 Å². The lowest BCUT2D eigenvalue weighted by Crippen LogP contribution is -2.49. The minimum Gasteiger partial charge on any atom is -0.338 e. The number of likely N-dealkylation sites (tertiary alicyclic amines) is 1. The van der Waals surface area contributed by atoms with Crippen molar-refractivity contribution in [3.8, 4) is 0 Å². The van der Waals surface area contributed by atoms with Crippen molar-refractivity contribution in [3.63, 3.8) is 0 Å². The molecule has 25 heavy (non-hydrogen) atoms. The average Bonchev–Trinajstić information content (AvgIpc) is 2.69. The molecule has 3 rings (SSSR count). The number of hydrogen-bond acceptors (Lipinski definition) is 4. The summed E-state index contributed by atoms with van der Waals surface area (Å²) in [6, 6.07) is 9.56. The molecule has 1 aromatic carbocycles. The number of alkyl halides is 1. The lowest BCUT2D eigenvalue weighted by Gasteiger charge is -2.38. The van der Waals surface area contributed by atoms with Crippen LogP contribution in [0.4, 0.5) is 5.69 Å². The molecule has 0 bridgehead atoms. The zero-order valence-electron chi connectivity index (χ0n) is 13.7. The maximum atomic E-state index is 12.5. The molecule has 0 spiro atoms. The third-order valence-electron chi connectivity index (χ3n) is 4.34. The fourth-order valence-electron chi connectivity index (χ4n) is 3.13. The van der Waals surface area contributed by atoms with Crippen LogP contribution in [-0.4, -0.2) is 51.7 Å².